The zero-order valence-electron chi connectivity index (χ0n) is 13.1. The van der Waals surface area contributed by atoms with Crippen molar-refractivity contribution in [2.75, 3.05) is 40.6 Å². The maximum atomic E-state index is 12.0. The molecule has 122 valence electrons. The van der Waals surface area contributed by atoms with Gasteiger partial charge in [0, 0.05) is 32.5 Å². The lowest BCUT2D eigenvalue weighted by Gasteiger charge is -2.50. The standard InChI is InChI=1S/C13H25N3O4S/c1-15(2)12-11(9-6-8-20-13(9)12)14-10(17)5-7-16(3)21(4,18)19/h9,11-13H,5-8H2,1-4H3,(H,14,17)/t9-,11+,12-,13-/m1/s1. The van der Waals surface area contributed by atoms with Gasteiger partial charge in [0.15, 0.2) is 0 Å². The molecule has 0 aromatic rings. The van der Waals surface area contributed by atoms with Crippen LogP contribution in [0.4, 0.5) is 0 Å². The van der Waals surface area contributed by atoms with E-state index in [1.165, 1.54) is 11.4 Å². The quantitative estimate of drug-likeness (QED) is 0.686. The molecule has 0 aromatic carbocycles. The van der Waals surface area contributed by atoms with Crippen LogP contribution in [0.15, 0.2) is 0 Å². The number of fused-ring (bicyclic) bond motifs is 1. The summed E-state index contributed by atoms with van der Waals surface area (Å²) in [7, 11) is 2.22. The van der Waals surface area contributed by atoms with Crippen LogP contribution in [0, 0.1) is 5.92 Å². The summed E-state index contributed by atoms with van der Waals surface area (Å²) in [5, 5.41) is 3.04. The van der Waals surface area contributed by atoms with E-state index in [2.05, 4.69) is 10.2 Å². The first-order valence-electron chi connectivity index (χ1n) is 7.20. The Morgan fingerprint density at radius 3 is 2.57 bits per heavy atom. The van der Waals surface area contributed by atoms with Crippen molar-refractivity contribution >= 4 is 15.9 Å². The van der Waals surface area contributed by atoms with Crippen LogP contribution in [-0.4, -0.2) is 82.3 Å². The van der Waals surface area contributed by atoms with Crippen LogP contribution in [-0.2, 0) is 19.6 Å². The van der Waals surface area contributed by atoms with Crippen molar-refractivity contribution in [1.29, 1.82) is 0 Å². The number of hydrogen-bond donors (Lipinski definition) is 1. The van der Waals surface area contributed by atoms with Crippen LogP contribution in [0.2, 0.25) is 0 Å². The molecule has 4 atom stereocenters. The first-order chi connectivity index (χ1) is 9.71. The second-order valence-corrected chi connectivity index (χ2v) is 8.26. The number of nitrogens with zero attached hydrogens (tertiary/aromatic N) is 2. The van der Waals surface area contributed by atoms with Crippen molar-refractivity contribution in [2.24, 2.45) is 5.92 Å². The predicted octanol–water partition coefficient (Wildman–Crippen LogP) is -0.898. The Hall–Kier alpha value is -0.700. The summed E-state index contributed by atoms with van der Waals surface area (Å²) < 4.78 is 29.5. The zero-order valence-corrected chi connectivity index (χ0v) is 13.9. The molecule has 2 rings (SSSR count). The van der Waals surface area contributed by atoms with Crippen molar-refractivity contribution in [2.45, 2.75) is 31.0 Å². The van der Waals surface area contributed by atoms with Gasteiger partial charge in [0.05, 0.1) is 24.4 Å². The Bertz CT molecular complexity index is 494. The highest BCUT2D eigenvalue weighted by Crippen LogP contribution is 2.41. The number of sulfonamides is 1. The van der Waals surface area contributed by atoms with Crippen molar-refractivity contribution < 1.29 is 17.9 Å². The maximum Gasteiger partial charge on any atom is 0.221 e. The second-order valence-electron chi connectivity index (χ2n) is 6.17. The molecular weight excluding hydrogens is 294 g/mol. The normalized spacial score (nSPS) is 32.1. The minimum atomic E-state index is -3.23. The zero-order chi connectivity index (χ0) is 15.8. The highest BCUT2D eigenvalue weighted by atomic mass is 32.2. The number of carbonyl (C=O) groups excluding carboxylic acids is 1. The van der Waals surface area contributed by atoms with Crippen molar-refractivity contribution in [3.05, 3.63) is 0 Å². The Morgan fingerprint density at radius 1 is 1.33 bits per heavy atom. The van der Waals surface area contributed by atoms with E-state index in [4.69, 9.17) is 4.74 Å². The van der Waals surface area contributed by atoms with Crippen LogP contribution in [0.3, 0.4) is 0 Å². The number of likely N-dealkylation sites (N-methyl/N-ethyl adjacent to an activating group) is 1. The Balaban J connectivity index is 1.85. The Labute approximate surface area is 126 Å². The number of carbonyl (C=O) groups is 1. The van der Waals surface area contributed by atoms with Crippen LogP contribution < -0.4 is 5.32 Å². The SMILES string of the molecule is CN(C)[C@@H]1[C@@H](NC(=O)CCN(C)S(C)(=O)=O)[C@H]2CCO[C@H]21. The molecule has 1 N–H and O–H groups in total. The highest BCUT2D eigenvalue weighted by Gasteiger charge is 2.55. The van der Waals surface area contributed by atoms with Gasteiger partial charge in [0.2, 0.25) is 15.9 Å². The first kappa shape index (κ1) is 16.7. The van der Waals surface area contributed by atoms with Gasteiger partial charge in [0.25, 0.3) is 0 Å². The van der Waals surface area contributed by atoms with Crippen molar-refractivity contribution in [3.63, 3.8) is 0 Å². The van der Waals surface area contributed by atoms with Crippen LogP contribution in [0.25, 0.3) is 0 Å². The maximum absolute atomic E-state index is 12.0. The summed E-state index contributed by atoms with van der Waals surface area (Å²) in [4.78, 5) is 14.1. The Morgan fingerprint density at radius 2 is 2.00 bits per heavy atom. The van der Waals surface area contributed by atoms with E-state index >= 15 is 0 Å². The molecular formula is C13H25N3O4S. The van der Waals surface area contributed by atoms with Crippen LogP contribution in [0.1, 0.15) is 12.8 Å². The molecule has 7 nitrogen and oxygen atoms in total. The van der Waals surface area contributed by atoms with Crippen molar-refractivity contribution in [3.8, 4) is 0 Å². The first-order valence-corrected chi connectivity index (χ1v) is 9.05. The summed E-state index contributed by atoms with van der Waals surface area (Å²) >= 11 is 0. The van der Waals surface area contributed by atoms with Gasteiger partial charge in [-0.15, -0.1) is 0 Å². The summed E-state index contributed by atoms with van der Waals surface area (Å²) in [6.07, 6.45) is 2.50. The van der Waals surface area contributed by atoms with Gasteiger partial charge in [-0.1, -0.05) is 0 Å². The minimum Gasteiger partial charge on any atom is -0.376 e. The molecule has 1 aliphatic carbocycles. The molecule has 1 saturated heterocycles. The molecule has 0 aromatic heterocycles. The Kier molecular flexibility index (Phi) is 4.92. The molecule has 0 unspecified atom stereocenters. The predicted molar refractivity (Wildman–Crippen MR) is 79.3 cm³/mol. The van der Waals surface area contributed by atoms with E-state index in [0.29, 0.717) is 5.92 Å². The number of hydrogen-bond acceptors (Lipinski definition) is 5. The van der Waals surface area contributed by atoms with E-state index in [1.54, 1.807) is 0 Å². The number of rotatable bonds is 6. The number of ether oxygens (including phenoxy) is 1. The fourth-order valence-electron chi connectivity index (χ4n) is 3.17. The molecule has 1 aliphatic heterocycles. The van der Waals surface area contributed by atoms with Crippen molar-refractivity contribution in [1.82, 2.24) is 14.5 Å². The van der Waals surface area contributed by atoms with Gasteiger partial charge < -0.3 is 15.0 Å². The molecule has 2 fully saturated rings. The lowest BCUT2D eigenvalue weighted by atomic mass is 9.71. The number of amides is 1. The summed E-state index contributed by atoms with van der Waals surface area (Å²) in [6.45, 7) is 0.956. The molecule has 21 heavy (non-hydrogen) atoms. The highest BCUT2D eigenvalue weighted by molar-refractivity contribution is 7.88. The van der Waals surface area contributed by atoms with Crippen LogP contribution >= 0.6 is 0 Å². The summed E-state index contributed by atoms with van der Waals surface area (Å²) in [5.74, 6) is 0.279. The largest absolute Gasteiger partial charge is 0.376 e. The molecule has 0 spiro atoms. The fraction of sp³-hybridized carbons (Fsp3) is 0.923. The molecule has 1 saturated carbocycles. The monoisotopic (exact) mass is 319 g/mol. The van der Waals surface area contributed by atoms with Crippen LogP contribution in [0.5, 0.6) is 0 Å². The van der Waals surface area contributed by atoms with Gasteiger partial charge in [-0.05, 0) is 20.5 Å². The molecule has 2 aliphatic rings. The van der Waals surface area contributed by atoms with Gasteiger partial charge in [-0.2, -0.15) is 0 Å². The third-order valence-electron chi connectivity index (χ3n) is 4.49. The molecule has 0 radical (unpaired) electrons. The summed E-state index contributed by atoms with van der Waals surface area (Å²) in [6, 6.07) is 0.303. The number of nitrogens with one attached hydrogen (secondary N) is 1. The molecule has 8 heteroatoms. The van der Waals surface area contributed by atoms with Gasteiger partial charge in [0.1, 0.15) is 0 Å². The van der Waals surface area contributed by atoms with E-state index in [1.807, 2.05) is 14.1 Å². The van der Waals surface area contributed by atoms with Gasteiger partial charge >= 0.3 is 0 Å². The second kappa shape index (κ2) is 6.20. The van der Waals surface area contributed by atoms with E-state index in [0.717, 1.165) is 19.3 Å². The topological polar surface area (TPSA) is 79.0 Å². The summed E-state index contributed by atoms with van der Waals surface area (Å²) in [5.41, 5.74) is 0. The van der Waals surface area contributed by atoms with E-state index < -0.39 is 10.0 Å². The lowest BCUT2D eigenvalue weighted by molar-refractivity contribution is -0.128. The lowest BCUT2D eigenvalue weighted by Crippen LogP contribution is -2.69. The van der Waals surface area contributed by atoms with E-state index in [9.17, 15) is 13.2 Å². The fourth-order valence-corrected chi connectivity index (χ4v) is 3.59. The minimum absolute atomic E-state index is 0.100. The van der Waals surface area contributed by atoms with Gasteiger partial charge in [-0.25, -0.2) is 12.7 Å². The molecule has 1 amide bonds. The van der Waals surface area contributed by atoms with Gasteiger partial charge in [-0.3, -0.25) is 4.79 Å². The molecule has 1 heterocycles. The average Bonchev–Trinajstić information content (AvgIpc) is 2.75. The average molecular weight is 319 g/mol. The smallest absolute Gasteiger partial charge is 0.221 e. The third kappa shape index (κ3) is 3.56. The third-order valence-corrected chi connectivity index (χ3v) is 5.81. The van der Waals surface area contributed by atoms with E-state index in [-0.39, 0.29) is 37.1 Å². The molecule has 0 bridgehead atoms.